The third-order valence-electron chi connectivity index (χ3n) is 4.83. The second-order valence-electron chi connectivity index (χ2n) is 8.13. The van der Waals surface area contributed by atoms with E-state index in [1.165, 1.54) is 12.0 Å². The molecule has 0 bridgehead atoms. The van der Waals surface area contributed by atoms with Crippen molar-refractivity contribution < 1.29 is 9.53 Å². The molecule has 1 aliphatic rings. The minimum absolute atomic E-state index is 0.0501. The van der Waals surface area contributed by atoms with Crippen molar-refractivity contribution in [3.63, 3.8) is 0 Å². The Kier molecular flexibility index (Phi) is 6.65. The number of hydrogen-bond acceptors (Lipinski definition) is 6. The number of ether oxygens (including phenoxy) is 1. The van der Waals surface area contributed by atoms with E-state index in [-0.39, 0.29) is 16.8 Å². The van der Waals surface area contributed by atoms with Gasteiger partial charge in [-0.1, -0.05) is 46.8 Å². The van der Waals surface area contributed by atoms with Crippen molar-refractivity contribution in [1.82, 2.24) is 4.98 Å². The Morgan fingerprint density at radius 2 is 1.93 bits per heavy atom. The second-order valence-corrected chi connectivity index (χ2v) is 9.10. The highest BCUT2D eigenvalue weighted by molar-refractivity contribution is 7.16. The average molecular weight is 402 g/mol. The first-order valence-electron chi connectivity index (χ1n) is 9.50. The molecular formula is C22H31N3O2S. The van der Waals surface area contributed by atoms with Crippen LogP contribution in [0.25, 0.3) is 0 Å². The molecule has 1 heterocycles. The summed E-state index contributed by atoms with van der Waals surface area (Å²) in [7, 11) is 1.37. The molecule has 0 saturated heterocycles. The zero-order chi connectivity index (χ0) is 21.1. The molecule has 0 N–H and O–H groups in total. The first-order valence-corrected chi connectivity index (χ1v) is 10.3. The quantitative estimate of drug-likeness (QED) is 0.209. The first kappa shape index (κ1) is 22.1. The minimum atomic E-state index is -0.360. The molecule has 0 saturated carbocycles. The van der Waals surface area contributed by atoms with Crippen LogP contribution in [-0.2, 0) is 20.4 Å². The van der Waals surface area contributed by atoms with E-state index in [9.17, 15) is 4.79 Å². The number of hydrogen-bond donors (Lipinski definition) is 0. The highest BCUT2D eigenvalue weighted by atomic mass is 32.1. The van der Waals surface area contributed by atoms with Crippen LogP contribution in [0.1, 0.15) is 58.5 Å². The van der Waals surface area contributed by atoms with Gasteiger partial charge in [0.25, 0.3) is 0 Å². The molecule has 6 heteroatoms. The van der Waals surface area contributed by atoms with Gasteiger partial charge in [0.1, 0.15) is 5.82 Å². The van der Waals surface area contributed by atoms with Gasteiger partial charge in [-0.25, -0.2) is 14.8 Å². The van der Waals surface area contributed by atoms with E-state index in [1.807, 2.05) is 0 Å². The molecule has 0 atom stereocenters. The Bertz CT molecular complexity index is 808. The van der Waals surface area contributed by atoms with Crippen LogP contribution in [0, 0.1) is 0 Å². The maximum absolute atomic E-state index is 11.7. The highest BCUT2D eigenvalue weighted by Crippen LogP contribution is 2.46. The monoisotopic (exact) mass is 401 g/mol. The Morgan fingerprint density at radius 1 is 1.29 bits per heavy atom. The van der Waals surface area contributed by atoms with E-state index in [2.05, 4.69) is 63.4 Å². The first-order chi connectivity index (χ1) is 13.1. The summed E-state index contributed by atoms with van der Waals surface area (Å²) in [6, 6.07) is 0. The third-order valence-corrected chi connectivity index (χ3v) is 6.25. The largest absolute Gasteiger partial charge is 0.466 e. The molecular weight excluding hydrogens is 370 g/mol. The van der Waals surface area contributed by atoms with Crippen molar-refractivity contribution >= 4 is 29.2 Å². The number of esters is 1. The van der Waals surface area contributed by atoms with Gasteiger partial charge in [0.2, 0.25) is 0 Å². The van der Waals surface area contributed by atoms with Gasteiger partial charge in [0.05, 0.1) is 12.8 Å². The van der Waals surface area contributed by atoms with Crippen molar-refractivity contribution in [1.29, 1.82) is 0 Å². The predicted octanol–water partition coefficient (Wildman–Crippen LogP) is 5.15. The number of carbonyl (C=O) groups is 1. The van der Waals surface area contributed by atoms with Crippen molar-refractivity contribution in [2.45, 2.75) is 58.8 Å². The molecule has 28 heavy (non-hydrogen) atoms. The average Bonchev–Trinajstić information content (AvgIpc) is 3.12. The Labute approximate surface area is 172 Å². The fraction of sp³-hybridized carbons (Fsp3) is 0.500. The molecule has 0 aromatic carbocycles. The zero-order valence-corrected chi connectivity index (χ0v) is 18.8. The number of allylic oxidation sites excluding steroid dienone is 4. The molecule has 2 rings (SSSR count). The molecule has 1 aromatic heterocycles. The second kappa shape index (κ2) is 8.43. The summed E-state index contributed by atoms with van der Waals surface area (Å²) in [4.78, 5) is 24.2. The van der Waals surface area contributed by atoms with Crippen LogP contribution in [0.5, 0.6) is 0 Å². The molecule has 0 unspecified atom stereocenters. The van der Waals surface area contributed by atoms with Crippen LogP contribution in [0.4, 0.5) is 5.13 Å². The lowest BCUT2D eigenvalue weighted by Crippen LogP contribution is -2.28. The van der Waals surface area contributed by atoms with Crippen molar-refractivity contribution in [2.24, 2.45) is 4.99 Å². The van der Waals surface area contributed by atoms with Crippen LogP contribution < -0.4 is 4.90 Å². The van der Waals surface area contributed by atoms with E-state index in [4.69, 9.17) is 9.72 Å². The SMILES string of the molecule is C=N/C(=C\C=C(/C)C(=O)OC)N(CCC)c1nc2c(s1)C(C)(C)C=CC2(C)C. The Balaban J connectivity index is 2.51. The van der Waals surface area contributed by atoms with Gasteiger partial charge in [-0.3, -0.25) is 0 Å². The van der Waals surface area contributed by atoms with Crippen LogP contribution in [-0.4, -0.2) is 31.3 Å². The van der Waals surface area contributed by atoms with E-state index >= 15 is 0 Å². The van der Waals surface area contributed by atoms with E-state index < -0.39 is 0 Å². The van der Waals surface area contributed by atoms with Crippen LogP contribution in [0.3, 0.4) is 0 Å². The topological polar surface area (TPSA) is 54.8 Å². The van der Waals surface area contributed by atoms with Crippen molar-refractivity contribution in [3.8, 4) is 0 Å². The summed E-state index contributed by atoms with van der Waals surface area (Å²) < 4.78 is 4.76. The number of aliphatic imine (C=N–C) groups is 1. The number of carbonyl (C=O) groups excluding carboxylic acids is 1. The lowest BCUT2D eigenvalue weighted by molar-refractivity contribution is -0.136. The standard InChI is InChI=1S/C22H31N3O2S/c1-9-14-25(16(23-7)11-10-15(2)19(26)27-8)20-24-17-18(28-20)22(5,6)13-12-21(17,3)4/h10-13H,7,9,14H2,1-6,8H3/b15-10+,16-11+. The Hall–Kier alpha value is -2.21. The summed E-state index contributed by atoms with van der Waals surface area (Å²) in [5.41, 5.74) is 1.46. The maximum atomic E-state index is 11.7. The molecule has 1 aliphatic carbocycles. The summed E-state index contributed by atoms with van der Waals surface area (Å²) in [6.45, 7) is 17.1. The zero-order valence-electron chi connectivity index (χ0n) is 18.0. The van der Waals surface area contributed by atoms with Gasteiger partial charge in [-0.15, -0.1) is 11.3 Å². The highest BCUT2D eigenvalue weighted by Gasteiger charge is 2.37. The third kappa shape index (κ3) is 4.43. The van der Waals surface area contributed by atoms with Crippen molar-refractivity contribution in [3.05, 3.63) is 46.3 Å². The molecule has 0 amide bonds. The predicted molar refractivity (Wildman–Crippen MR) is 118 cm³/mol. The molecule has 0 spiro atoms. The molecule has 1 aromatic rings. The van der Waals surface area contributed by atoms with Crippen LogP contribution in [0.2, 0.25) is 0 Å². The minimum Gasteiger partial charge on any atom is -0.466 e. The molecule has 0 aliphatic heterocycles. The summed E-state index contributed by atoms with van der Waals surface area (Å²) in [5.74, 6) is 0.306. The van der Waals surface area contributed by atoms with Gasteiger partial charge in [-0.2, -0.15) is 0 Å². The van der Waals surface area contributed by atoms with Crippen molar-refractivity contribution in [2.75, 3.05) is 18.6 Å². The maximum Gasteiger partial charge on any atom is 0.333 e. The van der Waals surface area contributed by atoms with Gasteiger partial charge in [0.15, 0.2) is 5.13 Å². The van der Waals surface area contributed by atoms with Gasteiger partial charge < -0.3 is 9.64 Å². The summed E-state index contributed by atoms with van der Waals surface area (Å²) >= 11 is 1.70. The van der Waals surface area contributed by atoms with Crippen LogP contribution >= 0.6 is 11.3 Å². The number of rotatable bonds is 7. The van der Waals surface area contributed by atoms with E-state index in [0.717, 1.165) is 23.8 Å². The molecule has 0 radical (unpaired) electrons. The number of anilines is 1. The van der Waals surface area contributed by atoms with Gasteiger partial charge >= 0.3 is 5.97 Å². The number of thiazole rings is 1. The lowest BCUT2D eigenvalue weighted by Gasteiger charge is -2.32. The van der Waals surface area contributed by atoms with Crippen LogP contribution in [0.15, 0.2) is 40.7 Å². The number of aromatic nitrogens is 1. The van der Waals surface area contributed by atoms with Gasteiger partial charge in [0, 0.05) is 27.8 Å². The number of methoxy groups -OCH3 is 1. The Morgan fingerprint density at radius 3 is 2.46 bits per heavy atom. The van der Waals surface area contributed by atoms with E-state index in [0.29, 0.717) is 11.4 Å². The normalized spacial score (nSPS) is 17.8. The smallest absolute Gasteiger partial charge is 0.333 e. The lowest BCUT2D eigenvalue weighted by atomic mass is 9.75. The summed E-state index contributed by atoms with van der Waals surface area (Å²) in [5, 5.41) is 0.902. The fourth-order valence-electron chi connectivity index (χ4n) is 3.06. The number of nitrogens with zero attached hydrogens (tertiary/aromatic N) is 3. The molecule has 5 nitrogen and oxygen atoms in total. The van der Waals surface area contributed by atoms with Gasteiger partial charge in [-0.05, 0) is 32.2 Å². The molecule has 0 fully saturated rings. The summed E-state index contributed by atoms with van der Waals surface area (Å²) in [6.07, 6.45) is 8.95. The van der Waals surface area contributed by atoms with E-state index in [1.54, 1.807) is 30.4 Å². The fourth-order valence-corrected chi connectivity index (χ4v) is 4.41. The number of fused-ring (bicyclic) bond motifs is 1. The molecule has 152 valence electrons.